The van der Waals surface area contributed by atoms with Gasteiger partial charge >= 0.3 is 5.97 Å². The van der Waals surface area contributed by atoms with Gasteiger partial charge in [-0.3, -0.25) is 4.98 Å². The highest BCUT2D eigenvalue weighted by Gasteiger charge is 2.13. The van der Waals surface area contributed by atoms with Crippen LogP contribution in [0.2, 0.25) is 0 Å². The summed E-state index contributed by atoms with van der Waals surface area (Å²) in [7, 11) is 0. The van der Waals surface area contributed by atoms with Crippen LogP contribution in [0.4, 0.5) is 0 Å². The summed E-state index contributed by atoms with van der Waals surface area (Å²) < 4.78 is 5.39. The van der Waals surface area contributed by atoms with Crippen LogP contribution in [0.25, 0.3) is 0 Å². The first-order chi connectivity index (χ1) is 10.2. The lowest BCUT2D eigenvalue weighted by Gasteiger charge is -2.07. The smallest absolute Gasteiger partial charge is 0.369 e. The van der Waals surface area contributed by atoms with Crippen molar-refractivity contribution in [3.05, 3.63) is 59.9 Å². The summed E-state index contributed by atoms with van der Waals surface area (Å²) in [5.74, 6) is -0.0609. The number of oxime groups is 1. The molecular formula is C16H16N2O3. The van der Waals surface area contributed by atoms with Crippen molar-refractivity contribution in [2.45, 2.75) is 13.8 Å². The van der Waals surface area contributed by atoms with Gasteiger partial charge in [-0.15, -0.1) is 0 Å². The maximum absolute atomic E-state index is 12.1. The zero-order valence-electron chi connectivity index (χ0n) is 11.9. The lowest BCUT2D eigenvalue weighted by Crippen LogP contribution is -2.06. The van der Waals surface area contributed by atoms with E-state index in [1.54, 1.807) is 55.7 Å². The highest BCUT2D eigenvalue weighted by molar-refractivity contribution is 5.99. The number of hydrogen-bond donors (Lipinski definition) is 0. The van der Waals surface area contributed by atoms with E-state index in [4.69, 9.17) is 9.57 Å². The molecule has 0 bridgehead atoms. The quantitative estimate of drug-likeness (QED) is 0.481. The lowest BCUT2D eigenvalue weighted by molar-refractivity contribution is 0.0512. The van der Waals surface area contributed by atoms with Crippen LogP contribution in [0.3, 0.4) is 0 Å². The second-order valence-electron chi connectivity index (χ2n) is 4.22. The molecule has 0 saturated heterocycles. The van der Waals surface area contributed by atoms with Gasteiger partial charge < -0.3 is 9.57 Å². The number of carbonyl (C=O) groups excluding carboxylic acids is 1. The Kier molecular flexibility index (Phi) is 5.04. The first-order valence-electron chi connectivity index (χ1n) is 6.60. The van der Waals surface area contributed by atoms with Crippen molar-refractivity contribution in [1.82, 2.24) is 4.98 Å². The lowest BCUT2D eigenvalue weighted by atomic mass is 10.2. The molecule has 0 atom stereocenters. The number of nitrogens with zero attached hydrogens (tertiary/aromatic N) is 2. The number of carbonyl (C=O) groups is 1. The summed E-state index contributed by atoms with van der Waals surface area (Å²) in [5.41, 5.74) is 1.79. The average molecular weight is 284 g/mol. The molecule has 1 aromatic heterocycles. The molecule has 0 aliphatic carbocycles. The Morgan fingerprint density at radius 2 is 1.90 bits per heavy atom. The number of pyridine rings is 1. The van der Waals surface area contributed by atoms with E-state index in [1.807, 2.05) is 6.92 Å². The van der Waals surface area contributed by atoms with Crippen LogP contribution in [0.5, 0.6) is 5.75 Å². The van der Waals surface area contributed by atoms with E-state index >= 15 is 0 Å². The second kappa shape index (κ2) is 7.19. The molecular weight excluding hydrogens is 268 g/mol. The molecule has 5 heteroatoms. The summed E-state index contributed by atoms with van der Waals surface area (Å²) in [6, 6.07) is 10.5. The van der Waals surface area contributed by atoms with Gasteiger partial charge in [0.25, 0.3) is 0 Å². The monoisotopic (exact) mass is 284 g/mol. The Hall–Kier alpha value is -2.69. The van der Waals surface area contributed by atoms with Crippen LogP contribution in [-0.4, -0.2) is 23.3 Å². The maximum atomic E-state index is 12.1. The van der Waals surface area contributed by atoms with Crippen molar-refractivity contribution >= 4 is 11.7 Å². The zero-order valence-corrected chi connectivity index (χ0v) is 11.9. The van der Waals surface area contributed by atoms with Crippen molar-refractivity contribution in [1.29, 1.82) is 0 Å². The van der Waals surface area contributed by atoms with E-state index in [2.05, 4.69) is 10.1 Å². The SMILES string of the molecule is CCOc1ccccc1C(=O)ON=C(C)c1ccncc1. The Balaban J connectivity index is 2.12. The normalized spacial score (nSPS) is 11.0. The van der Waals surface area contributed by atoms with Crippen LogP contribution < -0.4 is 4.74 Å². The molecule has 0 fully saturated rings. The topological polar surface area (TPSA) is 60.8 Å². The van der Waals surface area contributed by atoms with E-state index in [0.29, 0.717) is 23.6 Å². The number of rotatable bonds is 5. The molecule has 0 radical (unpaired) electrons. The molecule has 2 rings (SSSR count). The highest BCUT2D eigenvalue weighted by atomic mass is 16.7. The van der Waals surface area contributed by atoms with E-state index in [1.165, 1.54) is 0 Å². The fraction of sp³-hybridized carbons (Fsp3) is 0.188. The zero-order chi connectivity index (χ0) is 15.1. The highest BCUT2D eigenvalue weighted by Crippen LogP contribution is 2.19. The number of ether oxygens (including phenoxy) is 1. The van der Waals surface area contributed by atoms with Crippen molar-refractivity contribution in [3.63, 3.8) is 0 Å². The average Bonchev–Trinajstić information content (AvgIpc) is 2.54. The van der Waals surface area contributed by atoms with Crippen LogP contribution >= 0.6 is 0 Å². The largest absolute Gasteiger partial charge is 0.493 e. The molecule has 5 nitrogen and oxygen atoms in total. The molecule has 0 unspecified atom stereocenters. The first kappa shape index (κ1) is 14.7. The third kappa shape index (κ3) is 3.89. The van der Waals surface area contributed by atoms with Gasteiger partial charge in [-0.25, -0.2) is 4.79 Å². The number of aromatic nitrogens is 1. The molecule has 0 N–H and O–H groups in total. The third-order valence-electron chi connectivity index (χ3n) is 2.77. The first-order valence-corrected chi connectivity index (χ1v) is 6.60. The van der Waals surface area contributed by atoms with Crippen molar-refractivity contribution in [2.75, 3.05) is 6.61 Å². The van der Waals surface area contributed by atoms with Crippen LogP contribution in [0.1, 0.15) is 29.8 Å². The van der Waals surface area contributed by atoms with Gasteiger partial charge in [-0.2, -0.15) is 0 Å². The molecule has 108 valence electrons. The van der Waals surface area contributed by atoms with E-state index in [0.717, 1.165) is 5.56 Å². The number of para-hydroxylation sites is 1. The molecule has 0 spiro atoms. The van der Waals surface area contributed by atoms with E-state index in [-0.39, 0.29) is 0 Å². The molecule has 2 aromatic rings. The van der Waals surface area contributed by atoms with Crippen LogP contribution in [0.15, 0.2) is 53.9 Å². The van der Waals surface area contributed by atoms with E-state index < -0.39 is 5.97 Å². The Labute approximate surface area is 123 Å². The summed E-state index contributed by atoms with van der Waals surface area (Å²) in [6.07, 6.45) is 3.31. The molecule has 1 heterocycles. The number of hydrogen-bond acceptors (Lipinski definition) is 5. The minimum atomic E-state index is -0.549. The summed E-state index contributed by atoms with van der Waals surface area (Å²) in [6.45, 7) is 4.09. The van der Waals surface area contributed by atoms with Crippen molar-refractivity contribution in [3.8, 4) is 5.75 Å². The Morgan fingerprint density at radius 3 is 2.62 bits per heavy atom. The maximum Gasteiger partial charge on any atom is 0.369 e. The number of benzene rings is 1. The fourth-order valence-corrected chi connectivity index (χ4v) is 1.72. The Morgan fingerprint density at radius 1 is 1.19 bits per heavy atom. The third-order valence-corrected chi connectivity index (χ3v) is 2.77. The predicted octanol–water partition coefficient (Wildman–Crippen LogP) is 3.06. The Bertz CT molecular complexity index is 639. The summed E-state index contributed by atoms with van der Waals surface area (Å²) in [4.78, 5) is 21.0. The van der Waals surface area contributed by atoms with Gasteiger partial charge in [-0.05, 0) is 38.1 Å². The van der Waals surface area contributed by atoms with E-state index in [9.17, 15) is 4.79 Å². The minimum absolute atomic E-state index is 0.352. The van der Waals surface area contributed by atoms with Crippen LogP contribution in [0, 0.1) is 0 Å². The van der Waals surface area contributed by atoms with Gasteiger partial charge in [-0.1, -0.05) is 17.3 Å². The van der Waals surface area contributed by atoms with Gasteiger partial charge in [0.05, 0.1) is 12.3 Å². The van der Waals surface area contributed by atoms with Gasteiger partial charge in [0.15, 0.2) is 0 Å². The standard InChI is InChI=1S/C16H16N2O3/c1-3-20-15-7-5-4-6-14(15)16(19)21-18-12(2)13-8-10-17-11-9-13/h4-11H,3H2,1-2H3. The van der Waals surface area contributed by atoms with Crippen molar-refractivity contribution < 1.29 is 14.4 Å². The second-order valence-corrected chi connectivity index (χ2v) is 4.22. The summed E-state index contributed by atoms with van der Waals surface area (Å²) in [5, 5.41) is 3.86. The molecule has 0 aliphatic rings. The fourth-order valence-electron chi connectivity index (χ4n) is 1.72. The van der Waals surface area contributed by atoms with Gasteiger partial charge in [0.2, 0.25) is 0 Å². The predicted molar refractivity (Wildman–Crippen MR) is 79.5 cm³/mol. The molecule has 21 heavy (non-hydrogen) atoms. The molecule has 0 aliphatic heterocycles. The molecule has 0 saturated carbocycles. The van der Waals surface area contributed by atoms with Gasteiger partial charge in [0.1, 0.15) is 11.3 Å². The summed E-state index contributed by atoms with van der Waals surface area (Å²) >= 11 is 0. The minimum Gasteiger partial charge on any atom is -0.493 e. The van der Waals surface area contributed by atoms with Crippen molar-refractivity contribution in [2.24, 2.45) is 5.16 Å². The molecule has 1 aromatic carbocycles. The van der Waals surface area contributed by atoms with Gasteiger partial charge in [0, 0.05) is 18.0 Å². The van der Waals surface area contributed by atoms with Crippen LogP contribution in [-0.2, 0) is 4.84 Å². The molecule has 0 amide bonds.